The largest absolute Gasteiger partial charge is 0.383 e. The van der Waals surface area contributed by atoms with Crippen LogP contribution in [0.3, 0.4) is 0 Å². The minimum Gasteiger partial charge on any atom is -0.383 e. The lowest BCUT2D eigenvalue weighted by Gasteiger charge is -2.36. The van der Waals surface area contributed by atoms with Crippen molar-refractivity contribution in [2.45, 2.75) is 20.4 Å². The van der Waals surface area contributed by atoms with Crippen LogP contribution in [-0.2, 0) is 6.54 Å². The molecule has 4 aromatic rings. The highest BCUT2D eigenvalue weighted by Gasteiger charge is 2.23. The van der Waals surface area contributed by atoms with Gasteiger partial charge >= 0.3 is 0 Å². The lowest BCUT2D eigenvalue weighted by Crippen LogP contribution is -2.47. The molecule has 1 saturated heterocycles. The predicted molar refractivity (Wildman–Crippen MR) is 112 cm³/mol. The Morgan fingerprint density at radius 3 is 2.62 bits per heavy atom. The average Bonchev–Trinajstić information content (AvgIpc) is 3.17. The molecule has 2 N–H and O–H groups in total. The SMILES string of the molecule is Cc1nc2ncnn2c(N2CCN(Cc3nc(N)c4ccccc4n3)CC2)c1C. The maximum atomic E-state index is 6.13. The first-order valence-corrected chi connectivity index (χ1v) is 9.75. The fourth-order valence-electron chi connectivity index (χ4n) is 3.93. The van der Waals surface area contributed by atoms with Gasteiger partial charge in [0.05, 0.1) is 12.1 Å². The van der Waals surface area contributed by atoms with Gasteiger partial charge in [0.25, 0.3) is 5.78 Å². The number of nitrogens with zero attached hydrogens (tertiary/aromatic N) is 8. The van der Waals surface area contributed by atoms with Crippen molar-refractivity contribution < 1.29 is 0 Å². The third-order valence-electron chi connectivity index (χ3n) is 5.59. The Balaban J connectivity index is 1.34. The summed E-state index contributed by atoms with van der Waals surface area (Å²) in [6.07, 6.45) is 1.56. The second-order valence-electron chi connectivity index (χ2n) is 7.42. The monoisotopic (exact) mass is 389 g/mol. The molecular formula is C20H23N9. The highest BCUT2D eigenvalue weighted by molar-refractivity contribution is 5.87. The summed E-state index contributed by atoms with van der Waals surface area (Å²) in [5, 5.41) is 5.28. The van der Waals surface area contributed by atoms with Gasteiger partial charge in [0.1, 0.15) is 23.8 Å². The minimum atomic E-state index is 0.542. The van der Waals surface area contributed by atoms with Gasteiger partial charge in [-0.05, 0) is 26.0 Å². The van der Waals surface area contributed by atoms with Crippen LogP contribution in [0, 0.1) is 13.8 Å². The Morgan fingerprint density at radius 1 is 1.00 bits per heavy atom. The van der Waals surface area contributed by atoms with E-state index < -0.39 is 0 Å². The molecule has 29 heavy (non-hydrogen) atoms. The van der Waals surface area contributed by atoms with E-state index in [0.717, 1.165) is 60.0 Å². The molecule has 9 heteroatoms. The molecule has 0 bridgehead atoms. The molecule has 3 aromatic heterocycles. The molecule has 1 aliphatic rings. The highest BCUT2D eigenvalue weighted by atomic mass is 15.4. The molecule has 148 valence electrons. The second kappa shape index (κ2) is 6.93. The standard InChI is InChI=1S/C20H23N9/c1-13-14(2)24-20-22-12-23-29(20)19(13)28-9-7-27(8-10-28)11-17-25-16-6-4-3-5-15(16)18(21)26-17/h3-6,12H,7-11H2,1-2H3,(H2,21,25,26). The predicted octanol–water partition coefficient (Wildman–Crippen LogP) is 1.59. The van der Waals surface area contributed by atoms with E-state index in [-0.39, 0.29) is 0 Å². The van der Waals surface area contributed by atoms with Crippen molar-refractivity contribution in [1.82, 2.24) is 34.4 Å². The van der Waals surface area contributed by atoms with Crippen LogP contribution >= 0.6 is 0 Å². The lowest BCUT2D eigenvalue weighted by molar-refractivity contribution is 0.243. The molecule has 1 aromatic carbocycles. The molecule has 5 rings (SSSR count). The molecule has 0 spiro atoms. The van der Waals surface area contributed by atoms with E-state index in [1.54, 1.807) is 6.33 Å². The summed E-state index contributed by atoms with van der Waals surface area (Å²) >= 11 is 0. The van der Waals surface area contributed by atoms with Gasteiger partial charge in [-0.15, -0.1) is 0 Å². The summed E-state index contributed by atoms with van der Waals surface area (Å²) in [6, 6.07) is 7.86. The third-order valence-corrected chi connectivity index (χ3v) is 5.59. The van der Waals surface area contributed by atoms with Crippen molar-refractivity contribution >= 4 is 28.3 Å². The number of anilines is 2. The van der Waals surface area contributed by atoms with E-state index in [4.69, 9.17) is 10.7 Å². The van der Waals surface area contributed by atoms with Gasteiger partial charge in [0.15, 0.2) is 0 Å². The van der Waals surface area contributed by atoms with E-state index in [2.05, 4.69) is 36.8 Å². The average molecular weight is 389 g/mol. The molecule has 1 fully saturated rings. The van der Waals surface area contributed by atoms with E-state index in [1.807, 2.05) is 35.7 Å². The molecule has 0 amide bonds. The Morgan fingerprint density at radius 2 is 1.79 bits per heavy atom. The number of hydrogen-bond donors (Lipinski definition) is 1. The first-order valence-electron chi connectivity index (χ1n) is 9.75. The van der Waals surface area contributed by atoms with E-state index in [9.17, 15) is 0 Å². The number of benzene rings is 1. The number of hydrogen-bond acceptors (Lipinski definition) is 8. The number of aromatic nitrogens is 6. The lowest BCUT2D eigenvalue weighted by atomic mass is 10.2. The first kappa shape index (κ1) is 17.7. The highest BCUT2D eigenvalue weighted by Crippen LogP contribution is 2.24. The Bertz CT molecular complexity index is 1190. The Hall–Kier alpha value is -3.33. The normalized spacial score (nSPS) is 15.4. The van der Waals surface area contributed by atoms with Crippen LogP contribution in [0.15, 0.2) is 30.6 Å². The summed E-state index contributed by atoms with van der Waals surface area (Å²) in [5.74, 6) is 3.03. The zero-order chi connectivity index (χ0) is 20.0. The molecular weight excluding hydrogens is 366 g/mol. The number of aryl methyl sites for hydroxylation is 1. The number of para-hydroxylation sites is 1. The third kappa shape index (κ3) is 3.13. The smallest absolute Gasteiger partial charge is 0.254 e. The van der Waals surface area contributed by atoms with Crippen LogP contribution in [0.25, 0.3) is 16.7 Å². The van der Waals surface area contributed by atoms with Gasteiger partial charge in [-0.3, -0.25) is 4.90 Å². The van der Waals surface area contributed by atoms with Crippen LogP contribution in [-0.4, -0.2) is 60.6 Å². The zero-order valence-electron chi connectivity index (χ0n) is 16.6. The van der Waals surface area contributed by atoms with Crippen molar-refractivity contribution in [1.29, 1.82) is 0 Å². The molecule has 0 atom stereocenters. The van der Waals surface area contributed by atoms with Crippen LogP contribution < -0.4 is 10.6 Å². The molecule has 0 unspecified atom stereocenters. The van der Waals surface area contributed by atoms with Crippen LogP contribution in [0.5, 0.6) is 0 Å². The summed E-state index contributed by atoms with van der Waals surface area (Å²) in [6.45, 7) is 8.41. The molecule has 9 nitrogen and oxygen atoms in total. The number of nitrogens with two attached hydrogens (primary N) is 1. The summed E-state index contributed by atoms with van der Waals surface area (Å²) in [5.41, 5.74) is 9.16. The molecule has 0 radical (unpaired) electrons. The number of nitrogen functional groups attached to an aromatic ring is 1. The van der Waals surface area contributed by atoms with Gasteiger partial charge in [-0.1, -0.05) is 12.1 Å². The van der Waals surface area contributed by atoms with Crippen molar-refractivity contribution in [3.05, 3.63) is 47.7 Å². The first-order chi connectivity index (χ1) is 14.1. The van der Waals surface area contributed by atoms with Crippen molar-refractivity contribution in [2.24, 2.45) is 0 Å². The van der Waals surface area contributed by atoms with Crippen molar-refractivity contribution in [2.75, 3.05) is 36.8 Å². The maximum absolute atomic E-state index is 6.13. The molecule has 0 saturated carbocycles. The Kier molecular flexibility index (Phi) is 4.24. The van der Waals surface area contributed by atoms with Crippen molar-refractivity contribution in [3.63, 3.8) is 0 Å². The fourth-order valence-corrected chi connectivity index (χ4v) is 3.93. The van der Waals surface area contributed by atoms with Crippen LogP contribution in [0.4, 0.5) is 11.6 Å². The number of rotatable bonds is 3. The summed E-state index contributed by atoms with van der Waals surface area (Å²) < 4.78 is 1.84. The second-order valence-corrected chi connectivity index (χ2v) is 7.42. The maximum Gasteiger partial charge on any atom is 0.254 e. The van der Waals surface area contributed by atoms with Gasteiger partial charge in [-0.25, -0.2) is 15.0 Å². The quantitative estimate of drug-likeness (QED) is 0.564. The van der Waals surface area contributed by atoms with Gasteiger partial charge in [-0.2, -0.15) is 14.6 Å². The van der Waals surface area contributed by atoms with E-state index >= 15 is 0 Å². The van der Waals surface area contributed by atoms with E-state index in [0.29, 0.717) is 18.1 Å². The summed E-state index contributed by atoms with van der Waals surface area (Å²) in [4.78, 5) is 22.7. The van der Waals surface area contributed by atoms with Crippen LogP contribution in [0.2, 0.25) is 0 Å². The fraction of sp³-hybridized carbons (Fsp3) is 0.350. The Labute approximate surface area is 168 Å². The van der Waals surface area contributed by atoms with Gasteiger partial charge in [0.2, 0.25) is 0 Å². The molecule has 0 aliphatic carbocycles. The van der Waals surface area contributed by atoms with Gasteiger partial charge < -0.3 is 10.6 Å². The molecule has 1 aliphatic heterocycles. The van der Waals surface area contributed by atoms with Crippen molar-refractivity contribution in [3.8, 4) is 0 Å². The number of fused-ring (bicyclic) bond motifs is 2. The topological polar surface area (TPSA) is 101 Å². The molecule has 4 heterocycles. The van der Waals surface area contributed by atoms with E-state index in [1.165, 1.54) is 0 Å². The summed E-state index contributed by atoms with van der Waals surface area (Å²) in [7, 11) is 0. The number of piperazine rings is 1. The van der Waals surface area contributed by atoms with Gasteiger partial charge in [0, 0.05) is 42.8 Å². The minimum absolute atomic E-state index is 0.542. The zero-order valence-corrected chi connectivity index (χ0v) is 16.6. The van der Waals surface area contributed by atoms with Crippen LogP contribution in [0.1, 0.15) is 17.1 Å².